The summed E-state index contributed by atoms with van der Waals surface area (Å²) in [5.41, 5.74) is 6.41. The SMILES string of the molecule is Cc1cc(O)c(Cl)c(C(=O)CCN)c1. The predicted molar refractivity (Wildman–Crippen MR) is 55.9 cm³/mol. The van der Waals surface area contributed by atoms with Crippen LogP contribution in [-0.2, 0) is 0 Å². The van der Waals surface area contributed by atoms with Gasteiger partial charge >= 0.3 is 0 Å². The number of nitrogens with two attached hydrogens (primary N) is 1. The lowest BCUT2D eigenvalue weighted by Crippen LogP contribution is -2.08. The van der Waals surface area contributed by atoms with E-state index in [1.807, 2.05) is 0 Å². The van der Waals surface area contributed by atoms with E-state index in [9.17, 15) is 9.90 Å². The second-order valence-electron chi connectivity index (χ2n) is 3.11. The van der Waals surface area contributed by atoms with Gasteiger partial charge < -0.3 is 10.8 Å². The fourth-order valence-corrected chi connectivity index (χ4v) is 1.43. The molecule has 1 rings (SSSR count). The van der Waals surface area contributed by atoms with Crippen LogP contribution in [0, 0.1) is 6.92 Å². The molecule has 0 saturated carbocycles. The number of benzene rings is 1. The van der Waals surface area contributed by atoms with Crippen molar-refractivity contribution in [3.8, 4) is 5.75 Å². The summed E-state index contributed by atoms with van der Waals surface area (Å²) in [7, 11) is 0. The van der Waals surface area contributed by atoms with Gasteiger partial charge in [-0.15, -0.1) is 0 Å². The first kappa shape index (κ1) is 11.0. The molecule has 0 saturated heterocycles. The molecule has 3 N–H and O–H groups in total. The topological polar surface area (TPSA) is 63.3 Å². The maximum atomic E-state index is 11.5. The van der Waals surface area contributed by atoms with Gasteiger partial charge in [0.05, 0.1) is 5.02 Å². The summed E-state index contributed by atoms with van der Waals surface area (Å²) in [5, 5.41) is 9.49. The third-order valence-corrected chi connectivity index (χ3v) is 2.27. The van der Waals surface area contributed by atoms with Crippen molar-refractivity contribution >= 4 is 17.4 Å². The Morgan fingerprint density at radius 2 is 2.21 bits per heavy atom. The first-order chi connectivity index (χ1) is 6.56. The lowest BCUT2D eigenvalue weighted by Gasteiger charge is -2.05. The molecular weight excluding hydrogens is 202 g/mol. The first-order valence-corrected chi connectivity index (χ1v) is 4.66. The van der Waals surface area contributed by atoms with Crippen LogP contribution in [0.3, 0.4) is 0 Å². The Kier molecular flexibility index (Phi) is 3.49. The third-order valence-electron chi connectivity index (χ3n) is 1.87. The molecule has 0 aliphatic carbocycles. The molecule has 0 atom stereocenters. The minimum atomic E-state index is -0.142. The summed E-state index contributed by atoms with van der Waals surface area (Å²) < 4.78 is 0. The molecule has 14 heavy (non-hydrogen) atoms. The molecule has 0 aliphatic rings. The van der Waals surface area contributed by atoms with Crippen molar-refractivity contribution in [1.29, 1.82) is 0 Å². The largest absolute Gasteiger partial charge is 0.506 e. The zero-order valence-corrected chi connectivity index (χ0v) is 8.64. The van der Waals surface area contributed by atoms with E-state index in [1.54, 1.807) is 13.0 Å². The molecule has 0 bridgehead atoms. The van der Waals surface area contributed by atoms with Gasteiger partial charge in [-0.05, 0) is 31.2 Å². The molecule has 0 amide bonds. The van der Waals surface area contributed by atoms with Crippen LogP contribution >= 0.6 is 11.6 Å². The Hall–Kier alpha value is -1.06. The standard InChI is InChI=1S/C10H12ClNO2/c1-6-4-7(8(13)2-3-12)10(11)9(14)5-6/h4-5,14H,2-3,12H2,1H3. The maximum Gasteiger partial charge on any atom is 0.165 e. The number of carbonyl (C=O) groups excluding carboxylic acids is 1. The number of aryl methyl sites for hydroxylation is 1. The normalized spacial score (nSPS) is 10.2. The average Bonchev–Trinajstić information content (AvgIpc) is 2.11. The fraction of sp³-hybridized carbons (Fsp3) is 0.300. The number of hydrogen-bond acceptors (Lipinski definition) is 3. The van der Waals surface area contributed by atoms with Crippen LogP contribution in [-0.4, -0.2) is 17.4 Å². The minimum absolute atomic E-state index is 0.0629. The molecule has 0 heterocycles. The Balaban J connectivity index is 3.13. The van der Waals surface area contributed by atoms with Crippen molar-refractivity contribution in [2.45, 2.75) is 13.3 Å². The summed E-state index contributed by atoms with van der Waals surface area (Å²) in [5.74, 6) is -0.205. The Morgan fingerprint density at radius 3 is 2.79 bits per heavy atom. The number of phenols is 1. The van der Waals surface area contributed by atoms with Crippen LogP contribution in [0.1, 0.15) is 22.3 Å². The van der Waals surface area contributed by atoms with Gasteiger partial charge in [0, 0.05) is 12.0 Å². The van der Waals surface area contributed by atoms with Crippen molar-refractivity contribution in [2.24, 2.45) is 5.73 Å². The van der Waals surface area contributed by atoms with E-state index in [4.69, 9.17) is 17.3 Å². The molecular formula is C10H12ClNO2. The molecule has 0 spiro atoms. The highest BCUT2D eigenvalue weighted by atomic mass is 35.5. The molecule has 1 aromatic carbocycles. The van der Waals surface area contributed by atoms with Crippen LogP contribution < -0.4 is 5.73 Å². The molecule has 0 fully saturated rings. The number of phenolic OH excluding ortho intramolecular Hbond substituents is 1. The van der Waals surface area contributed by atoms with Crippen LogP contribution in [0.25, 0.3) is 0 Å². The lowest BCUT2D eigenvalue weighted by molar-refractivity contribution is 0.0985. The summed E-state index contributed by atoms with van der Waals surface area (Å²) in [6.07, 6.45) is 0.239. The minimum Gasteiger partial charge on any atom is -0.506 e. The van der Waals surface area contributed by atoms with Gasteiger partial charge in [0.1, 0.15) is 5.75 Å². The monoisotopic (exact) mass is 213 g/mol. The van der Waals surface area contributed by atoms with E-state index in [0.717, 1.165) is 5.56 Å². The quantitative estimate of drug-likeness (QED) is 0.754. The van der Waals surface area contributed by atoms with Crippen LogP contribution in [0.5, 0.6) is 5.75 Å². The zero-order chi connectivity index (χ0) is 10.7. The summed E-state index contributed by atoms with van der Waals surface area (Å²) in [6.45, 7) is 2.07. The van der Waals surface area contributed by atoms with Gasteiger partial charge in [0.25, 0.3) is 0 Å². The van der Waals surface area contributed by atoms with Gasteiger partial charge in [0.15, 0.2) is 5.78 Å². The van der Waals surface area contributed by atoms with E-state index < -0.39 is 0 Å². The maximum absolute atomic E-state index is 11.5. The fourth-order valence-electron chi connectivity index (χ4n) is 1.22. The smallest absolute Gasteiger partial charge is 0.165 e. The predicted octanol–water partition coefficient (Wildman–Crippen LogP) is 1.89. The van der Waals surface area contributed by atoms with Crippen LogP contribution in [0.15, 0.2) is 12.1 Å². The number of carbonyl (C=O) groups is 1. The molecule has 4 heteroatoms. The van der Waals surface area contributed by atoms with Gasteiger partial charge in [-0.25, -0.2) is 0 Å². The van der Waals surface area contributed by atoms with Crippen molar-refractivity contribution in [2.75, 3.05) is 6.54 Å². The van der Waals surface area contributed by atoms with Gasteiger partial charge in [-0.3, -0.25) is 4.79 Å². The molecule has 76 valence electrons. The number of aromatic hydroxyl groups is 1. The van der Waals surface area contributed by atoms with E-state index in [1.165, 1.54) is 6.07 Å². The van der Waals surface area contributed by atoms with Crippen molar-refractivity contribution in [3.05, 3.63) is 28.3 Å². The first-order valence-electron chi connectivity index (χ1n) is 4.28. The van der Waals surface area contributed by atoms with Crippen molar-refractivity contribution < 1.29 is 9.90 Å². The summed E-state index contributed by atoms with van der Waals surface area (Å²) in [4.78, 5) is 11.5. The van der Waals surface area contributed by atoms with Crippen molar-refractivity contribution in [1.82, 2.24) is 0 Å². The Morgan fingerprint density at radius 1 is 1.57 bits per heavy atom. The molecule has 3 nitrogen and oxygen atoms in total. The molecule has 1 aromatic rings. The number of ketones is 1. The Labute approximate surface area is 87.5 Å². The number of halogens is 1. The van der Waals surface area contributed by atoms with Gasteiger partial charge in [-0.2, -0.15) is 0 Å². The lowest BCUT2D eigenvalue weighted by atomic mass is 10.1. The van der Waals surface area contributed by atoms with Gasteiger partial charge in [-0.1, -0.05) is 11.6 Å². The Bertz CT molecular complexity index is 363. The third kappa shape index (κ3) is 2.25. The molecule has 0 aromatic heterocycles. The second-order valence-corrected chi connectivity index (χ2v) is 3.49. The highest BCUT2D eigenvalue weighted by molar-refractivity contribution is 6.35. The summed E-state index contributed by atoms with van der Waals surface area (Å²) >= 11 is 5.78. The highest BCUT2D eigenvalue weighted by Crippen LogP contribution is 2.29. The number of hydrogen-bond donors (Lipinski definition) is 2. The molecule has 0 unspecified atom stereocenters. The van der Waals surface area contributed by atoms with E-state index >= 15 is 0 Å². The van der Waals surface area contributed by atoms with Crippen LogP contribution in [0.2, 0.25) is 5.02 Å². The zero-order valence-electron chi connectivity index (χ0n) is 7.88. The van der Waals surface area contributed by atoms with E-state index in [2.05, 4.69) is 0 Å². The van der Waals surface area contributed by atoms with Gasteiger partial charge in [0.2, 0.25) is 0 Å². The van der Waals surface area contributed by atoms with E-state index in [0.29, 0.717) is 5.56 Å². The highest BCUT2D eigenvalue weighted by Gasteiger charge is 2.13. The van der Waals surface area contributed by atoms with Crippen molar-refractivity contribution in [3.63, 3.8) is 0 Å². The number of Topliss-reactive ketones (excluding diaryl/α,β-unsaturated/α-hetero) is 1. The van der Waals surface area contributed by atoms with E-state index in [-0.39, 0.29) is 29.5 Å². The molecule has 0 aliphatic heterocycles. The summed E-state index contributed by atoms with van der Waals surface area (Å²) in [6, 6.07) is 3.17. The average molecular weight is 214 g/mol. The molecule has 0 radical (unpaired) electrons. The number of rotatable bonds is 3. The van der Waals surface area contributed by atoms with Crippen LogP contribution in [0.4, 0.5) is 0 Å². The second kappa shape index (κ2) is 4.44.